The Balaban J connectivity index is 2.07. The van der Waals surface area contributed by atoms with E-state index in [9.17, 15) is 5.26 Å². The predicted octanol–water partition coefficient (Wildman–Crippen LogP) is 3.64. The highest BCUT2D eigenvalue weighted by atomic mass is 16.5. The summed E-state index contributed by atoms with van der Waals surface area (Å²) in [5.41, 5.74) is 2.94. The molecule has 0 aliphatic carbocycles. The van der Waals surface area contributed by atoms with Gasteiger partial charge >= 0.3 is 0 Å². The number of hydrogen-bond acceptors (Lipinski definition) is 4. The second kappa shape index (κ2) is 6.24. The molecule has 0 amide bonds. The third-order valence-corrected chi connectivity index (χ3v) is 3.51. The van der Waals surface area contributed by atoms with E-state index in [1.165, 1.54) is 0 Å². The molecule has 0 saturated heterocycles. The van der Waals surface area contributed by atoms with Crippen molar-refractivity contribution in [3.05, 3.63) is 53.9 Å². The van der Waals surface area contributed by atoms with Gasteiger partial charge in [0.1, 0.15) is 23.4 Å². The van der Waals surface area contributed by atoms with E-state index < -0.39 is 0 Å². The highest BCUT2D eigenvalue weighted by Gasteiger charge is 2.10. The maximum Gasteiger partial charge on any atom is 0.149 e. The Bertz CT molecular complexity index is 886. The number of nitriles is 1. The van der Waals surface area contributed by atoms with Crippen LogP contribution in [0.15, 0.2) is 42.5 Å². The van der Waals surface area contributed by atoms with Gasteiger partial charge in [-0.2, -0.15) is 5.26 Å². The largest absolute Gasteiger partial charge is 0.497 e. The normalized spacial score (nSPS) is 11.3. The van der Waals surface area contributed by atoms with Crippen LogP contribution < -0.4 is 9.47 Å². The summed E-state index contributed by atoms with van der Waals surface area (Å²) < 4.78 is 10.5. The Labute approximate surface area is 133 Å². The van der Waals surface area contributed by atoms with Gasteiger partial charge in [-0.3, -0.25) is 0 Å². The summed E-state index contributed by atoms with van der Waals surface area (Å²) in [5, 5.41) is 9.49. The molecule has 1 aromatic heterocycles. The number of nitrogens with one attached hydrogen (secondary N) is 1. The van der Waals surface area contributed by atoms with E-state index in [4.69, 9.17) is 9.47 Å². The van der Waals surface area contributed by atoms with Crippen LogP contribution in [0.4, 0.5) is 0 Å². The summed E-state index contributed by atoms with van der Waals surface area (Å²) in [5.74, 6) is 1.86. The second-order valence-corrected chi connectivity index (χ2v) is 4.88. The van der Waals surface area contributed by atoms with Crippen molar-refractivity contribution in [2.45, 2.75) is 0 Å². The van der Waals surface area contributed by atoms with Crippen molar-refractivity contribution in [3.63, 3.8) is 0 Å². The number of fused-ring (bicyclic) bond motifs is 1. The minimum Gasteiger partial charge on any atom is -0.497 e. The number of para-hydroxylation sites is 2. The molecule has 0 fully saturated rings. The first-order valence-corrected chi connectivity index (χ1v) is 7.04. The van der Waals surface area contributed by atoms with Crippen LogP contribution in [0, 0.1) is 11.3 Å². The SMILES string of the molecule is COc1ccc(/C=C(\C#N)c2nc3ccccc3[nH]2)c(OC)c1. The molecule has 3 aromatic rings. The zero-order valence-electron chi connectivity index (χ0n) is 12.8. The summed E-state index contributed by atoms with van der Waals surface area (Å²) in [4.78, 5) is 7.62. The molecular formula is C18H15N3O2. The van der Waals surface area contributed by atoms with E-state index in [-0.39, 0.29) is 0 Å². The molecule has 2 aromatic carbocycles. The molecule has 0 bridgehead atoms. The summed E-state index contributed by atoms with van der Waals surface area (Å²) in [6.45, 7) is 0. The quantitative estimate of drug-likeness (QED) is 0.747. The number of ether oxygens (including phenoxy) is 2. The van der Waals surface area contributed by atoms with Crippen molar-refractivity contribution in [1.82, 2.24) is 9.97 Å². The number of aromatic amines is 1. The maximum atomic E-state index is 9.49. The Kier molecular flexibility index (Phi) is 3.98. The van der Waals surface area contributed by atoms with Gasteiger partial charge in [0.15, 0.2) is 0 Å². The maximum absolute atomic E-state index is 9.49. The van der Waals surface area contributed by atoms with Crippen LogP contribution >= 0.6 is 0 Å². The predicted molar refractivity (Wildman–Crippen MR) is 89.1 cm³/mol. The van der Waals surface area contributed by atoms with Crippen molar-refractivity contribution in [2.24, 2.45) is 0 Å². The number of imidazole rings is 1. The first-order chi connectivity index (χ1) is 11.2. The minimum absolute atomic E-state index is 0.435. The molecule has 114 valence electrons. The Hall–Kier alpha value is -3.26. The van der Waals surface area contributed by atoms with Gasteiger partial charge in [-0.15, -0.1) is 0 Å². The summed E-state index contributed by atoms with van der Waals surface area (Å²) in [6.07, 6.45) is 1.75. The molecule has 5 heteroatoms. The smallest absolute Gasteiger partial charge is 0.149 e. The van der Waals surface area contributed by atoms with Crippen LogP contribution in [0.25, 0.3) is 22.7 Å². The molecule has 1 N–H and O–H groups in total. The van der Waals surface area contributed by atoms with Crippen LogP contribution in [-0.2, 0) is 0 Å². The zero-order chi connectivity index (χ0) is 16.2. The van der Waals surface area contributed by atoms with E-state index in [2.05, 4.69) is 16.0 Å². The Morgan fingerprint density at radius 1 is 1.17 bits per heavy atom. The first kappa shape index (κ1) is 14.7. The lowest BCUT2D eigenvalue weighted by Gasteiger charge is -2.07. The van der Waals surface area contributed by atoms with Crippen molar-refractivity contribution in [3.8, 4) is 17.6 Å². The van der Waals surface area contributed by atoms with Crippen LogP contribution in [-0.4, -0.2) is 24.2 Å². The van der Waals surface area contributed by atoms with E-state index in [1.807, 2.05) is 36.4 Å². The van der Waals surface area contributed by atoms with E-state index in [0.29, 0.717) is 22.9 Å². The molecule has 0 unspecified atom stereocenters. The first-order valence-electron chi connectivity index (χ1n) is 7.04. The minimum atomic E-state index is 0.435. The van der Waals surface area contributed by atoms with Crippen molar-refractivity contribution < 1.29 is 9.47 Å². The second-order valence-electron chi connectivity index (χ2n) is 4.88. The average molecular weight is 305 g/mol. The molecule has 0 aliphatic heterocycles. The molecule has 0 atom stereocenters. The van der Waals surface area contributed by atoms with Crippen molar-refractivity contribution >= 4 is 22.7 Å². The number of aromatic nitrogens is 2. The molecule has 1 heterocycles. The topological polar surface area (TPSA) is 70.9 Å². The van der Waals surface area contributed by atoms with Gasteiger partial charge < -0.3 is 14.5 Å². The standard InChI is InChI=1S/C18H15N3O2/c1-22-14-8-7-12(17(10-14)23-2)9-13(11-19)18-20-15-5-3-4-6-16(15)21-18/h3-10H,1-2H3,(H,20,21)/b13-9+. The number of benzene rings is 2. The lowest BCUT2D eigenvalue weighted by atomic mass is 10.1. The molecule has 23 heavy (non-hydrogen) atoms. The Morgan fingerprint density at radius 2 is 2.00 bits per heavy atom. The molecule has 0 aliphatic rings. The fraction of sp³-hybridized carbons (Fsp3) is 0.111. The van der Waals surface area contributed by atoms with Gasteiger partial charge in [0.25, 0.3) is 0 Å². The molecule has 0 saturated carbocycles. The van der Waals surface area contributed by atoms with Crippen LogP contribution in [0.3, 0.4) is 0 Å². The number of H-pyrrole nitrogens is 1. The summed E-state index contributed by atoms with van der Waals surface area (Å²) in [6, 6.07) is 15.3. The third kappa shape index (κ3) is 2.87. The van der Waals surface area contributed by atoms with Gasteiger partial charge in [-0.1, -0.05) is 12.1 Å². The van der Waals surface area contributed by atoms with E-state index in [1.54, 1.807) is 26.4 Å². The number of nitrogens with zero attached hydrogens (tertiary/aromatic N) is 2. The molecular weight excluding hydrogens is 290 g/mol. The highest BCUT2D eigenvalue weighted by molar-refractivity contribution is 5.91. The van der Waals surface area contributed by atoms with E-state index in [0.717, 1.165) is 16.6 Å². The van der Waals surface area contributed by atoms with Crippen molar-refractivity contribution in [1.29, 1.82) is 5.26 Å². The zero-order valence-corrected chi connectivity index (χ0v) is 12.8. The third-order valence-electron chi connectivity index (χ3n) is 3.51. The Morgan fingerprint density at radius 3 is 2.70 bits per heavy atom. The summed E-state index contributed by atoms with van der Waals surface area (Å²) in [7, 11) is 3.18. The number of methoxy groups -OCH3 is 2. The number of allylic oxidation sites excluding steroid dienone is 1. The lowest BCUT2D eigenvalue weighted by Crippen LogP contribution is -1.91. The van der Waals surface area contributed by atoms with Gasteiger partial charge in [0.2, 0.25) is 0 Å². The molecule has 5 nitrogen and oxygen atoms in total. The number of rotatable bonds is 4. The summed E-state index contributed by atoms with van der Waals surface area (Å²) >= 11 is 0. The van der Waals surface area contributed by atoms with E-state index >= 15 is 0 Å². The average Bonchev–Trinajstić information content (AvgIpc) is 3.03. The fourth-order valence-electron chi connectivity index (χ4n) is 2.33. The van der Waals surface area contributed by atoms with Crippen LogP contribution in [0.1, 0.15) is 11.4 Å². The van der Waals surface area contributed by atoms with Crippen LogP contribution in [0.5, 0.6) is 11.5 Å². The van der Waals surface area contributed by atoms with Gasteiger partial charge in [-0.25, -0.2) is 4.98 Å². The van der Waals surface area contributed by atoms with Gasteiger partial charge in [0.05, 0.1) is 30.8 Å². The fourth-order valence-corrected chi connectivity index (χ4v) is 2.33. The van der Waals surface area contributed by atoms with Gasteiger partial charge in [-0.05, 0) is 30.3 Å². The molecule has 0 radical (unpaired) electrons. The molecule has 0 spiro atoms. The monoisotopic (exact) mass is 305 g/mol. The highest BCUT2D eigenvalue weighted by Crippen LogP contribution is 2.28. The van der Waals surface area contributed by atoms with Crippen LogP contribution in [0.2, 0.25) is 0 Å². The molecule has 3 rings (SSSR count). The lowest BCUT2D eigenvalue weighted by molar-refractivity contribution is 0.394. The number of hydrogen-bond donors (Lipinski definition) is 1. The van der Waals surface area contributed by atoms with Gasteiger partial charge in [0, 0.05) is 11.6 Å². The van der Waals surface area contributed by atoms with Crippen molar-refractivity contribution in [2.75, 3.05) is 14.2 Å².